The minimum atomic E-state index is -0.540. The predicted molar refractivity (Wildman–Crippen MR) is 70.1 cm³/mol. The second-order valence-corrected chi connectivity index (χ2v) is 5.16. The van der Waals surface area contributed by atoms with Crippen LogP contribution in [0.3, 0.4) is 0 Å². The topological polar surface area (TPSA) is 45.1 Å². The van der Waals surface area contributed by atoms with Crippen molar-refractivity contribution in [3.8, 4) is 0 Å². The molecule has 0 aromatic carbocycles. The molecule has 1 aromatic heterocycles. The number of nitrogens with one attached hydrogen (secondary N) is 1. The molecule has 0 saturated heterocycles. The van der Waals surface area contributed by atoms with Gasteiger partial charge in [0.15, 0.2) is 0 Å². The molecule has 0 atom stereocenters. The normalized spacial score (nSPS) is 19.6. The van der Waals surface area contributed by atoms with Gasteiger partial charge in [-0.1, -0.05) is 31.7 Å². The van der Waals surface area contributed by atoms with Gasteiger partial charge in [-0.15, -0.1) is 0 Å². The van der Waals surface area contributed by atoms with Gasteiger partial charge in [-0.25, -0.2) is 4.98 Å². The summed E-state index contributed by atoms with van der Waals surface area (Å²) < 4.78 is 0. The van der Waals surface area contributed by atoms with Crippen molar-refractivity contribution in [2.24, 2.45) is 0 Å². The van der Waals surface area contributed by atoms with Crippen LogP contribution in [0.5, 0.6) is 0 Å². The lowest BCUT2D eigenvalue weighted by Gasteiger charge is -2.27. The first kappa shape index (κ1) is 12.4. The van der Waals surface area contributed by atoms with E-state index in [9.17, 15) is 5.11 Å². The molecular weight excluding hydrogens is 212 g/mol. The van der Waals surface area contributed by atoms with Gasteiger partial charge in [0.25, 0.3) is 0 Å². The lowest BCUT2D eigenvalue weighted by molar-refractivity contribution is 0.0380. The van der Waals surface area contributed by atoms with Crippen molar-refractivity contribution < 1.29 is 5.11 Å². The summed E-state index contributed by atoms with van der Waals surface area (Å²) in [7, 11) is 0. The minimum absolute atomic E-state index is 0.540. The quantitative estimate of drug-likeness (QED) is 0.790. The van der Waals surface area contributed by atoms with E-state index in [0.717, 1.165) is 37.2 Å². The summed E-state index contributed by atoms with van der Waals surface area (Å²) in [6.07, 6.45) is 6.60. The molecule has 1 heterocycles. The molecule has 0 bridgehead atoms. The summed E-state index contributed by atoms with van der Waals surface area (Å²) in [5, 5.41) is 13.8. The molecule has 0 amide bonds. The smallest absolute Gasteiger partial charge is 0.126 e. The molecule has 1 saturated carbocycles. The summed E-state index contributed by atoms with van der Waals surface area (Å²) in [6, 6.07) is 5.92. The molecule has 1 aliphatic rings. The van der Waals surface area contributed by atoms with Crippen molar-refractivity contribution >= 4 is 5.82 Å². The molecule has 0 unspecified atom stereocenters. The molecule has 94 valence electrons. The van der Waals surface area contributed by atoms with Crippen molar-refractivity contribution in [2.75, 3.05) is 11.9 Å². The number of aromatic nitrogens is 1. The van der Waals surface area contributed by atoms with Crippen LogP contribution in [0.4, 0.5) is 5.82 Å². The van der Waals surface area contributed by atoms with E-state index >= 15 is 0 Å². The molecule has 1 aliphatic carbocycles. The van der Waals surface area contributed by atoms with Crippen molar-refractivity contribution in [3.05, 3.63) is 23.9 Å². The summed E-state index contributed by atoms with van der Waals surface area (Å²) in [4.78, 5) is 4.39. The van der Waals surface area contributed by atoms with Crippen LogP contribution in [0.1, 0.15) is 44.2 Å². The first-order chi connectivity index (χ1) is 8.18. The van der Waals surface area contributed by atoms with E-state index in [-0.39, 0.29) is 0 Å². The van der Waals surface area contributed by atoms with E-state index < -0.39 is 5.60 Å². The Morgan fingerprint density at radius 1 is 1.24 bits per heavy atom. The average Bonchev–Trinajstić information content (AvgIpc) is 2.53. The van der Waals surface area contributed by atoms with Crippen LogP contribution in [0.25, 0.3) is 0 Å². The van der Waals surface area contributed by atoms with Crippen LogP contribution in [0.15, 0.2) is 18.2 Å². The van der Waals surface area contributed by atoms with E-state index in [2.05, 4.69) is 10.3 Å². The molecule has 0 aliphatic heterocycles. The first-order valence-electron chi connectivity index (χ1n) is 6.58. The number of pyridine rings is 1. The van der Waals surface area contributed by atoms with Gasteiger partial charge in [-0.3, -0.25) is 0 Å². The van der Waals surface area contributed by atoms with Gasteiger partial charge in [0, 0.05) is 12.2 Å². The molecule has 2 N–H and O–H groups in total. The number of aliphatic hydroxyl groups is 1. The van der Waals surface area contributed by atoms with Crippen molar-refractivity contribution in [2.45, 2.75) is 51.0 Å². The van der Waals surface area contributed by atoms with E-state index in [0.29, 0.717) is 6.54 Å². The number of rotatable bonds is 3. The Kier molecular flexibility index (Phi) is 4.00. The Morgan fingerprint density at radius 3 is 2.59 bits per heavy atom. The highest BCUT2D eigenvalue weighted by molar-refractivity contribution is 5.35. The number of aryl methyl sites for hydroxylation is 1. The molecule has 1 aromatic rings. The predicted octanol–water partition coefficient (Wildman–Crippen LogP) is 2.89. The highest BCUT2D eigenvalue weighted by Gasteiger charge is 2.27. The fourth-order valence-corrected chi connectivity index (χ4v) is 2.46. The number of anilines is 1. The van der Waals surface area contributed by atoms with Gasteiger partial charge in [0.1, 0.15) is 5.82 Å². The lowest BCUT2D eigenvalue weighted by atomic mass is 9.94. The van der Waals surface area contributed by atoms with Gasteiger partial charge in [0.2, 0.25) is 0 Å². The minimum Gasteiger partial charge on any atom is -0.388 e. The molecule has 17 heavy (non-hydrogen) atoms. The third kappa shape index (κ3) is 3.70. The fourth-order valence-electron chi connectivity index (χ4n) is 2.46. The van der Waals surface area contributed by atoms with Gasteiger partial charge in [-0.05, 0) is 31.9 Å². The Balaban J connectivity index is 1.92. The average molecular weight is 234 g/mol. The van der Waals surface area contributed by atoms with Crippen LogP contribution in [-0.4, -0.2) is 22.2 Å². The lowest BCUT2D eigenvalue weighted by Crippen LogP contribution is -2.36. The van der Waals surface area contributed by atoms with Gasteiger partial charge >= 0.3 is 0 Å². The second kappa shape index (κ2) is 5.50. The summed E-state index contributed by atoms with van der Waals surface area (Å²) in [5.74, 6) is 0.864. The third-order valence-electron chi connectivity index (χ3n) is 3.52. The Bertz CT molecular complexity index is 357. The maximum atomic E-state index is 10.5. The van der Waals surface area contributed by atoms with Crippen molar-refractivity contribution in [1.82, 2.24) is 4.98 Å². The maximum absolute atomic E-state index is 10.5. The fraction of sp³-hybridized carbons (Fsp3) is 0.643. The highest BCUT2D eigenvalue weighted by atomic mass is 16.3. The third-order valence-corrected chi connectivity index (χ3v) is 3.52. The highest BCUT2D eigenvalue weighted by Crippen LogP contribution is 2.27. The summed E-state index contributed by atoms with van der Waals surface area (Å²) >= 11 is 0. The second-order valence-electron chi connectivity index (χ2n) is 5.16. The zero-order chi connectivity index (χ0) is 12.1. The van der Waals surface area contributed by atoms with E-state index in [1.165, 1.54) is 12.8 Å². The first-order valence-corrected chi connectivity index (χ1v) is 6.58. The van der Waals surface area contributed by atoms with Crippen LogP contribution in [0, 0.1) is 6.92 Å². The maximum Gasteiger partial charge on any atom is 0.126 e. The molecule has 0 radical (unpaired) electrons. The van der Waals surface area contributed by atoms with Crippen LogP contribution in [0.2, 0.25) is 0 Å². The van der Waals surface area contributed by atoms with Crippen molar-refractivity contribution in [3.63, 3.8) is 0 Å². The number of hydrogen-bond donors (Lipinski definition) is 2. The Morgan fingerprint density at radius 2 is 1.94 bits per heavy atom. The molecule has 0 spiro atoms. The van der Waals surface area contributed by atoms with Gasteiger partial charge in [0.05, 0.1) is 5.60 Å². The van der Waals surface area contributed by atoms with E-state index in [1.54, 1.807) is 0 Å². The summed E-state index contributed by atoms with van der Waals surface area (Å²) in [5.41, 5.74) is 0.463. The molecule has 1 fully saturated rings. The molecule has 3 nitrogen and oxygen atoms in total. The van der Waals surface area contributed by atoms with Crippen LogP contribution >= 0.6 is 0 Å². The van der Waals surface area contributed by atoms with E-state index in [1.807, 2.05) is 25.1 Å². The zero-order valence-corrected chi connectivity index (χ0v) is 10.6. The molecule has 2 rings (SSSR count). The van der Waals surface area contributed by atoms with Gasteiger partial charge in [-0.2, -0.15) is 0 Å². The van der Waals surface area contributed by atoms with E-state index in [4.69, 9.17) is 0 Å². The number of nitrogens with zero attached hydrogens (tertiary/aromatic N) is 1. The Hall–Kier alpha value is -1.09. The van der Waals surface area contributed by atoms with Crippen LogP contribution < -0.4 is 5.32 Å². The Labute approximate surface area is 103 Å². The monoisotopic (exact) mass is 234 g/mol. The van der Waals surface area contributed by atoms with Crippen molar-refractivity contribution in [1.29, 1.82) is 0 Å². The molecular formula is C14H22N2O. The standard InChI is InChI=1S/C14H22N2O/c1-12-7-6-8-13(16-12)15-11-14(17)9-4-2-3-5-10-14/h6-8,17H,2-5,9-11H2,1H3,(H,15,16). The summed E-state index contributed by atoms with van der Waals surface area (Å²) in [6.45, 7) is 2.59. The van der Waals surface area contributed by atoms with Crippen LogP contribution in [-0.2, 0) is 0 Å². The largest absolute Gasteiger partial charge is 0.388 e. The zero-order valence-electron chi connectivity index (χ0n) is 10.6. The number of hydrogen-bond acceptors (Lipinski definition) is 3. The van der Waals surface area contributed by atoms with Gasteiger partial charge < -0.3 is 10.4 Å². The SMILES string of the molecule is Cc1cccc(NCC2(O)CCCCCC2)n1. The molecule has 3 heteroatoms.